The first-order valence-electron chi connectivity index (χ1n) is 7.35. The van der Waals surface area contributed by atoms with Crippen LogP contribution in [0.15, 0.2) is 54.6 Å². The normalized spacial score (nSPS) is 10.2. The summed E-state index contributed by atoms with van der Waals surface area (Å²) in [6.07, 6.45) is 0.483. The van der Waals surface area contributed by atoms with Gasteiger partial charge in [-0.05, 0) is 43.7 Å². The lowest BCUT2D eigenvalue weighted by Gasteiger charge is -2.22. The second-order valence-electron chi connectivity index (χ2n) is 5.08. The van der Waals surface area contributed by atoms with Crippen molar-refractivity contribution in [3.05, 3.63) is 60.2 Å². The molecule has 3 heteroatoms. The van der Waals surface area contributed by atoms with E-state index in [0.29, 0.717) is 6.42 Å². The lowest BCUT2D eigenvalue weighted by Crippen LogP contribution is -2.27. The Morgan fingerprint density at radius 2 is 1.86 bits per heavy atom. The van der Waals surface area contributed by atoms with E-state index in [1.807, 2.05) is 49.4 Å². The Labute approximate surface area is 126 Å². The van der Waals surface area contributed by atoms with Gasteiger partial charge in [-0.1, -0.05) is 30.3 Å². The largest absolute Gasteiger partial charge is 0.371 e. The average molecular weight is 282 g/mol. The molecule has 0 saturated heterocycles. The predicted octanol–water partition coefficient (Wildman–Crippen LogP) is 3.85. The molecule has 0 spiro atoms. The van der Waals surface area contributed by atoms with Crippen molar-refractivity contribution < 1.29 is 4.79 Å². The Morgan fingerprint density at radius 1 is 1.10 bits per heavy atom. The van der Waals surface area contributed by atoms with E-state index in [1.165, 1.54) is 0 Å². The molecule has 2 rings (SSSR count). The number of hydrogen-bond donors (Lipinski definition) is 1. The van der Waals surface area contributed by atoms with Crippen LogP contribution in [0, 0.1) is 6.92 Å². The maximum absolute atomic E-state index is 12.0. The molecule has 0 aliphatic carbocycles. The average Bonchev–Trinajstić information content (AvgIpc) is 2.49. The molecule has 0 aromatic heterocycles. The molecule has 21 heavy (non-hydrogen) atoms. The molecule has 0 bridgehead atoms. The predicted molar refractivity (Wildman–Crippen MR) is 88.8 cm³/mol. The number of amides is 1. The Morgan fingerprint density at radius 3 is 2.52 bits per heavy atom. The van der Waals surface area contributed by atoms with Gasteiger partial charge in [-0.15, -0.1) is 0 Å². The first kappa shape index (κ1) is 15.1. The van der Waals surface area contributed by atoms with Crippen LogP contribution in [0.1, 0.15) is 18.9 Å². The highest BCUT2D eigenvalue weighted by molar-refractivity contribution is 5.91. The standard InChI is InChI=1S/C18H22N2O/c1-3-20(17-10-5-4-6-11-17)13-12-18(21)19-16-9-7-8-15(2)14-16/h4-11,14H,3,12-13H2,1-2H3,(H,19,21). The number of hydrogen-bond acceptors (Lipinski definition) is 2. The first-order chi connectivity index (χ1) is 10.2. The van der Waals surface area contributed by atoms with Gasteiger partial charge in [-0.25, -0.2) is 0 Å². The summed E-state index contributed by atoms with van der Waals surface area (Å²) in [7, 11) is 0. The summed E-state index contributed by atoms with van der Waals surface area (Å²) in [6.45, 7) is 5.73. The van der Waals surface area contributed by atoms with Crippen molar-refractivity contribution in [1.82, 2.24) is 0 Å². The summed E-state index contributed by atoms with van der Waals surface area (Å²) < 4.78 is 0. The number of carbonyl (C=O) groups excluding carboxylic acids is 1. The number of carbonyl (C=O) groups is 1. The quantitative estimate of drug-likeness (QED) is 0.872. The molecule has 1 N–H and O–H groups in total. The van der Waals surface area contributed by atoms with Crippen molar-refractivity contribution in [3.63, 3.8) is 0 Å². The van der Waals surface area contributed by atoms with Crippen LogP contribution in [0.25, 0.3) is 0 Å². The first-order valence-corrected chi connectivity index (χ1v) is 7.35. The molecular weight excluding hydrogens is 260 g/mol. The molecule has 110 valence electrons. The summed E-state index contributed by atoms with van der Waals surface area (Å²) in [5.74, 6) is 0.0509. The molecule has 0 unspecified atom stereocenters. The summed E-state index contributed by atoms with van der Waals surface area (Å²) in [6, 6.07) is 18.0. The lowest BCUT2D eigenvalue weighted by molar-refractivity contribution is -0.116. The van der Waals surface area contributed by atoms with Crippen molar-refractivity contribution >= 4 is 17.3 Å². The van der Waals surface area contributed by atoms with Crippen LogP contribution in [0.5, 0.6) is 0 Å². The number of benzene rings is 2. The fourth-order valence-corrected chi connectivity index (χ4v) is 2.29. The van der Waals surface area contributed by atoms with Crippen molar-refractivity contribution in [3.8, 4) is 0 Å². The fraction of sp³-hybridized carbons (Fsp3) is 0.278. The Hall–Kier alpha value is -2.29. The second kappa shape index (κ2) is 7.48. The highest BCUT2D eigenvalue weighted by Gasteiger charge is 2.07. The van der Waals surface area contributed by atoms with Gasteiger partial charge in [-0.3, -0.25) is 4.79 Å². The van der Waals surface area contributed by atoms with E-state index in [1.54, 1.807) is 0 Å². The number of para-hydroxylation sites is 1. The van der Waals surface area contributed by atoms with Gasteiger partial charge in [0.05, 0.1) is 0 Å². The van der Waals surface area contributed by atoms with Crippen molar-refractivity contribution in [1.29, 1.82) is 0 Å². The molecule has 0 aliphatic rings. The lowest BCUT2D eigenvalue weighted by atomic mass is 10.2. The maximum atomic E-state index is 12.0. The zero-order chi connectivity index (χ0) is 15.1. The Bertz CT molecular complexity index is 581. The van der Waals surface area contributed by atoms with Crippen LogP contribution >= 0.6 is 0 Å². The monoisotopic (exact) mass is 282 g/mol. The van der Waals surface area contributed by atoms with Crippen molar-refractivity contribution in [2.24, 2.45) is 0 Å². The minimum absolute atomic E-state index is 0.0509. The zero-order valence-electron chi connectivity index (χ0n) is 12.7. The number of nitrogens with zero attached hydrogens (tertiary/aromatic N) is 1. The van der Waals surface area contributed by atoms with E-state index in [-0.39, 0.29) is 5.91 Å². The van der Waals surface area contributed by atoms with Gasteiger partial charge in [0.15, 0.2) is 0 Å². The number of nitrogens with one attached hydrogen (secondary N) is 1. The molecule has 0 atom stereocenters. The van der Waals surface area contributed by atoms with Gasteiger partial charge in [0, 0.05) is 30.9 Å². The van der Waals surface area contributed by atoms with E-state index in [9.17, 15) is 4.79 Å². The smallest absolute Gasteiger partial charge is 0.226 e. The zero-order valence-corrected chi connectivity index (χ0v) is 12.7. The fourth-order valence-electron chi connectivity index (χ4n) is 2.29. The van der Waals surface area contributed by atoms with Crippen LogP contribution in [-0.4, -0.2) is 19.0 Å². The third kappa shape index (κ3) is 4.63. The van der Waals surface area contributed by atoms with Crippen LogP contribution in [0.4, 0.5) is 11.4 Å². The van der Waals surface area contributed by atoms with Crippen LogP contribution < -0.4 is 10.2 Å². The molecule has 3 nitrogen and oxygen atoms in total. The summed E-state index contributed by atoms with van der Waals surface area (Å²) >= 11 is 0. The Kier molecular flexibility index (Phi) is 5.38. The summed E-state index contributed by atoms with van der Waals surface area (Å²) in [4.78, 5) is 14.2. The van der Waals surface area contributed by atoms with Gasteiger partial charge in [0.2, 0.25) is 5.91 Å². The highest BCUT2D eigenvalue weighted by Crippen LogP contribution is 2.14. The van der Waals surface area contributed by atoms with Gasteiger partial charge in [-0.2, -0.15) is 0 Å². The molecule has 0 heterocycles. The SMILES string of the molecule is CCN(CCC(=O)Nc1cccc(C)c1)c1ccccc1. The molecule has 0 saturated carbocycles. The molecule has 0 radical (unpaired) electrons. The van der Waals surface area contributed by atoms with E-state index in [0.717, 1.165) is 30.0 Å². The minimum Gasteiger partial charge on any atom is -0.371 e. The van der Waals surface area contributed by atoms with Crippen molar-refractivity contribution in [2.45, 2.75) is 20.3 Å². The second-order valence-corrected chi connectivity index (χ2v) is 5.08. The van der Waals surface area contributed by atoms with E-state index >= 15 is 0 Å². The highest BCUT2D eigenvalue weighted by atomic mass is 16.1. The molecule has 2 aromatic rings. The van der Waals surface area contributed by atoms with Gasteiger partial charge in [0.25, 0.3) is 0 Å². The molecular formula is C18H22N2O. The van der Waals surface area contributed by atoms with Crippen molar-refractivity contribution in [2.75, 3.05) is 23.3 Å². The summed E-state index contributed by atoms with van der Waals surface area (Å²) in [5.41, 5.74) is 3.17. The van der Waals surface area contributed by atoms with Crippen LogP contribution in [0.2, 0.25) is 0 Å². The summed E-state index contributed by atoms with van der Waals surface area (Å²) in [5, 5.41) is 2.95. The topological polar surface area (TPSA) is 32.3 Å². The third-order valence-corrected chi connectivity index (χ3v) is 3.41. The van der Waals surface area contributed by atoms with E-state index in [4.69, 9.17) is 0 Å². The molecule has 0 fully saturated rings. The van der Waals surface area contributed by atoms with E-state index in [2.05, 4.69) is 29.3 Å². The van der Waals surface area contributed by atoms with Crippen LogP contribution in [-0.2, 0) is 4.79 Å². The van der Waals surface area contributed by atoms with Crippen LogP contribution in [0.3, 0.4) is 0 Å². The number of aryl methyl sites for hydroxylation is 1. The number of anilines is 2. The number of rotatable bonds is 6. The molecule has 2 aromatic carbocycles. The van der Waals surface area contributed by atoms with E-state index < -0.39 is 0 Å². The molecule has 0 aliphatic heterocycles. The maximum Gasteiger partial charge on any atom is 0.226 e. The van der Waals surface area contributed by atoms with Gasteiger partial charge >= 0.3 is 0 Å². The van der Waals surface area contributed by atoms with Gasteiger partial charge in [0.1, 0.15) is 0 Å². The minimum atomic E-state index is 0.0509. The molecule has 1 amide bonds. The Balaban J connectivity index is 1.88. The van der Waals surface area contributed by atoms with Gasteiger partial charge < -0.3 is 10.2 Å². The third-order valence-electron chi connectivity index (χ3n) is 3.41.